The minimum absolute atomic E-state index is 0.0778. The molecule has 15 nitrogen and oxygen atoms in total. The van der Waals surface area contributed by atoms with Crippen molar-refractivity contribution in [3.63, 3.8) is 0 Å². The van der Waals surface area contributed by atoms with Gasteiger partial charge in [0, 0.05) is 82.4 Å². The molecule has 7 heterocycles. The lowest BCUT2D eigenvalue weighted by Crippen LogP contribution is -2.49. The zero-order valence-electron chi connectivity index (χ0n) is 35.0. The van der Waals surface area contributed by atoms with Gasteiger partial charge in [-0.05, 0) is 94.0 Å². The van der Waals surface area contributed by atoms with Gasteiger partial charge in [-0.25, -0.2) is 23.7 Å². The lowest BCUT2D eigenvalue weighted by Gasteiger charge is -2.40. The second kappa shape index (κ2) is 16.4. The number of nitrogens with one attached hydrogen (secondary N) is 2. The molecule has 0 saturated carbocycles. The van der Waals surface area contributed by atoms with E-state index < -0.39 is 5.60 Å². The second-order valence-corrected chi connectivity index (χ2v) is 17.1. The highest BCUT2D eigenvalue weighted by molar-refractivity contribution is 5.92. The highest BCUT2D eigenvalue weighted by Gasteiger charge is 2.30. The van der Waals surface area contributed by atoms with Gasteiger partial charge < -0.3 is 25.5 Å². The number of rotatable bonds is 11. The average Bonchev–Trinajstić information content (AvgIpc) is 3.73. The summed E-state index contributed by atoms with van der Waals surface area (Å²) in [5.41, 5.74) is 3.42. The number of hydrogen-bond acceptors (Lipinski definition) is 11. The van der Waals surface area contributed by atoms with Crippen molar-refractivity contribution < 1.29 is 14.3 Å². The molecule has 1 atom stereocenters. The van der Waals surface area contributed by atoms with Gasteiger partial charge >= 0.3 is 0 Å². The van der Waals surface area contributed by atoms with Gasteiger partial charge in [-0.1, -0.05) is 12.1 Å². The molecule has 0 aliphatic carbocycles. The maximum Gasteiger partial charge on any atom is 0.278 e. The number of halogens is 1. The summed E-state index contributed by atoms with van der Waals surface area (Å²) in [6.07, 6.45) is 7.10. The number of piperazine rings is 1. The van der Waals surface area contributed by atoms with Gasteiger partial charge in [0.05, 0.1) is 35.1 Å². The highest BCUT2D eigenvalue weighted by Crippen LogP contribution is 2.34. The minimum Gasteiger partial charge on any atom is -0.384 e. The third kappa shape index (κ3) is 7.97. The Morgan fingerprint density at radius 1 is 0.967 bits per heavy atom. The largest absolute Gasteiger partial charge is 0.384 e. The molecular weight excluding hydrogens is 776 g/mol. The molecule has 318 valence electrons. The summed E-state index contributed by atoms with van der Waals surface area (Å²) in [5, 5.41) is 22.9. The van der Waals surface area contributed by atoms with Crippen molar-refractivity contribution in [1.82, 2.24) is 44.3 Å². The molecule has 0 spiro atoms. The molecule has 3 saturated heterocycles. The molecule has 3 fully saturated rings. The van der Waals surface area contributed by atoms with Crippen LogP contribution in [0, 0.1) is 11.7 Å². The van der Waals surface area contributed by atoms with Gasteiger partial charge in [-0.2, -0.15) is 10.1 Å². The molecule has 16 heteroatoms. The summed E-state index contributed by atoms with van der Waals surface area (Å²) < 4.78 is 20.7. The number of aryl methyl sites for hydroxylation is 1. The van der Waals surface area contributed by atoms with Crippen LogP contribution in [-0.2, 0) is 24.0 Å². The van der Waals surface area contributed by atoms with Gasteiger partial charge in [0.25, 0.3) is 5.56 Å². The zero-order chi connectivity index (χ0) is 42.4. The second-order valence-electron chi connectivity index (χ2n) is 17.1. The van der Waals surface area contributed by atoms with Crippen LogP contribution in [0.3, 0.4) is 0 Å². The number of allylic oxidation sites excluding steroid dienone is 1. The molecule has 4 aromatic heterocycles. The first-order valence-electron chi connectivity index (χ1n) is 21.3. The summed E-state index contributed by atoms with van der Waals surface area (Å²) in [4.78, 5) is 46.8. The van der Waals surface area contributed by atoms with Crippen molar-refractivity contribution in [1.29, 1.82) is 0 Å². The fraction of sp³-hybridized carbons (Fsp3) is 0.422. The minimum atomic E-state index is -1.20. The van der Waals surface area contributed by atoms with Crippen LogP contribution < -0.4 is 26.0 Å². The SMILES string of the molecule is C=CCn1c(=O)c2cnc(Nc3ccc(N4CCN(CC5CCN(c6ccc7c(C8CCCNC8=O)nn(C)c7c6)CC5)CC4)c(F)c3)nc2n1-c1cccc(C(C)(C)O)n1. The molecule has 61 heavy (non-hydrogen) atoms. The number of anilines is 4. The van der Waals surface area contributed by atoms with Gasteiger partial charge in [0.15, 0.2) is 11.5 Å². The van der Waals surface area contributed by atoms with Crippen LogP contribution in [-0.4, -0.2) is 102 Å². The summed E-state index contributed by atoms with van der Waals surface area (Å²) in [5.74, 6) is 0.749. The predicted molar refractivity (Wildman–Crippen MR) is 235 cm³/mol. The lowest BCUT2D eigenvalue weighted by atomic mass is 9.93. The van der Waals surface area contributed by atoms with Gasteiger partial charge in [0.1, 0.15) is 16.8 Å². The van der Waals surface area contributed by atoms with Crippen molar-refractivity contribution in [2.75, 3.05) is 67.5 Å². The first kappa shape index (κ1) is 40.3. The average molecular weight is 829 g/mol. The van der Waals surface area contributed by atoms with Crippen LogP contribution in [0.5, 0.6) is 0 Å². The molecule has 1 unspecified atom stereocenters. The monoisotopic (exact) mass is 828 g/mol. The van der Waals surface area contributed by atoms with Crippen molar-refractivity contribution in [2.24, 2.45) is 13.0 Å². The first-order valence-corrected chi connectivity index (χ1v) is 21.3. The Balaban J connectivity index is 0.808. The Kier molecular flexibility index (Phi) is 10.8. The Morgan fingerprint density at radius 2 is 1.77 bits per heavy atom. The standard InChI is InChI=1S/C45H53FN12O3/c1-5-18-57-43(60)34-27-48-44(51-41(34)58(57)39-10-6-9-38(50-39)45(2,3)61)49-30-11-14-36(35(46)25-30)56-23-21-54(22-24-56)28-29-15-19-55(20-16-29)31-12-13-32-37(26-31)53(4)52-40(32)33-8-7-17-47-42(33)59/h5-6,9-14,25-27,29,33,61H,1,7-8,15-24,28H2,2-4H3,(H,47,59)(H,48,49,51). The van der Waals surface area contributed by atoms with Gasteiger partial charge in [0.2, 0.25) is 11.9 Å². The van der Waals surface area contributed by atoms with E-state index in [1.54, 1.807) is 48.9 Å². The molecule has 0 bridgehead atoms. The van der Waals surface area contributed by atoms with Crippen molar-refractivity contribution in [3.05, 3.63) is 101 Å². The number of benzene rings is 2. The van der Waals surface area contributed by atoms with Crippen LogP contribution >= 0.6 is 0 Å². The van der Waals surface area contributed by atoms with Gasteiger partial charge in [-0.3, -0.25) is 19.2 Å². The van der Waals surface area contributed by atoms with E-state index in [-0.39, 0.29) is 41.1 Å². The zero-order valence-corrected chi connectivity index (χ0v) is 35.0. The number of aliphatic hydroxyl groups is 1. The summed E-state index contributed by atoms with van der Waals surface area (Å²) in [6.45, 7) is 14.3. The number of carbonyl (C=O) groups excluding carboxylic acids is 1. The molecule has 3 aliphatic heterocycles. The molecular formula is C45H53FN12O3. The Morgan fingerprint density at radius 3 is 2.51 bits per heavy atom. The number of fused-ring (bicyclic) bond motifs is 2. The Bertz CT molecular complexity index is 2670. The fourth-order valence-electron chi connectivity index (χ4n) is 9.13. The normalized spacial score (nSPS) is 18.2. The van der Waals surface area contributed by atoms with Crippen molar-refractivity contribution in [3.8, 4) is 5.82 Å². The number of piperidine rings is 2. The van der Waals surface area contributed by atoms with Crippen molar-refractivity contribution >= 4 is 50.9 Å². The highest BCUT2D eigenvalue weighted by atomic mass is 19.1. The molecule has 2 aromatic carbocycles. The Hall–Kier alpha value is -6.13. The van der Waals surface area contributed by atoms with Crippen LogP contribution in [0.1, 0.15) is 56.8 Å². The first-order chi connectivity index (χ1) is 29.4. The number of carbonyl (C=O) groups is 1. The van der Waals surface area contributed by atoms with Gasteiger partial charge in [-0.15, -0.1) is 6.58 Å². The topological polar surface area (TPSA) is 154 Å². The summed E-state index contributed by atoms with van der Waals surface area (Å²) >= 11 is 0. The van der Waals surface area contributed by atoms with Crippen LogP contribution in [0.2, 0.25) is 0 Å². The van der Waals surface area contributed by atoms with E-state index in [1.165, 1.54) is 22.6 Å². The van der Waals surface area contributed by atoms with E-state index in [1.807, 2.05) is 17.8 Å². The van der Waals surface area contributed by atoms with Crippen LogP contribution in [0.4, 0.5) is 27.4 Å². The smallest absolute Gasteiger partial charge is 0.278 e. The molecule has 0 radical (unpaired) electrons. The number of nitrogens with zero attached hydrogens (tertiary/aromatic N) is 10. The van der Waals surface area contributed by atoms with Crippen LogP contribution in [0.15, 0.2) is 78.2 Å². The van der Waals surface area contributed by atoms with Crippen LogP contribution in [0.25, 0.3) is 27.8 Å². The number of amides is 1. The number of hydrogen-bond donors (Lipinski definition) is 3. The third-order valence-corrected chi connectivity index (χ3v) is 12.4. The molecule has 3 N–H and O–H groups in total. The maximum absolute atomic E-state index is 15.8. The number of aromatic nitrogens is 7. The molecule has 1 amide bonds. The number of pyridine rings is 1. The quantitative estimate of drug-likeness (QED) is 0.148. The lowest BCUT2D eigenvalue weighted by molar-refractivity contribution is -0.123. The third-order valence-electron chi connectivity index (χ3n) is 12.4. The molecule has 9 rings (SSSR count). The molecule has 3 aliphatic rings. The molecule has 6 aromatic rings. The predicted octanol–water partition coefficient (Wildman–Crippen LogP) is 5.19. The fourth-order valence-corrected chi connectivity index (χ4v) is 9.13. The van der Waals surface area contributed by atoms with E-state index in [0.29, 0.717) is 34.5 Å². The van der Waals surface area contributed by atoms with E-state index in [2.05, 4.69) is 65.1 Å². The Labute approximate surface area is 353 Å². The van der Waals surface area contributed by atoms with E-state index in [0.717, 1.165) is 94.6 Å². The van der Waals surface area contributed by atoms with E-state index >= 15 is 4.39 Å². The van der Waals surface area contributed by atoms with Crippen molar-refractivity contribution in [2.45, 2.75) is 57.6 Å². The van der Waals surface area contributed by atoms with E-state index in [9.17, 15) is 14.7 Å². The summed E-state index contributed by atoms with van der Waals surface area (Å²) in [6, 6.07) is 16.8. The van der Waals surface area contributed by atoms with E-state index in [4.69, 9.17) is 5.10 Å². The maximum atomic E-state index is 15.8. The summed E-state index contributed by atoms with van der Waals surface area (Å²) in [7, 11) is 1.97.